The minimum atomic E-state index is 0.0965. The standard InChI is InChI=1S/C16H16O2/c1-3-14(17)13-9-5-7-11-16(13)18-15-10-6-4-8-12(15)2/h4-11H,3H2,1-2H3. The highest BCUT2D eigenvalue weighted by Gasteiger charge is 2.11. The minimum absolute atomic E-state index is 0.0965. The van der Waals surface area contributed by atoms with Gasteiger partial charge in [-0.05, 0) is 30.7 Å². The number of carbonyl (C=O) groups excluding carboxylic acids is 1. The zero-order valence-electron chi connectivity index (χ0n) is 10.6. The van der Waals surface area contributed by atoms with Crippen LogP contribution in [0, 0.1) is 6.92 Å². The summed E-state index contributed by atoms with van der Waals surface area (Å²) < 4.78 is 5.84. The molecule has 2 heteroatoms. The number of benzene rings is 2. The molecule has 0 bridgehead atoms. The first-order chi connectivity index (χ1) is 8.72. The van der Waals surface area contributed by atoms with Crippen molar-refractivity contribution in [1.82, 2.24) is 0 Å². The van der Waals surface area contributed by atoms with Gasteiger partial charge in [0.25, 0.3) is 0 Å². The van der Waals surface area contributed by atoms with E-state index in [1.54, 1.807) is 6.07 Å². The highest BCUT2D eigenvalue weighted by Crippen LogP contribution is 2.28. The Labute approximate surface area is 107 Å². The van der Waals surface area contributed by atoms with Crippen molar-refractivity contribution in [3.8, 4) is 11.5 Å². The summed E-state index contributed by atoms with van der Waals surface area (Å²) in [6.45, 7) is 3.84. The molecule has 0 atom stereocenters. The van der Waals surface area contributed by atoms with Crippen molar-refractivity contribution in [1.29, 1.82) is 0 Å². The van der Waals surface area contributed by atoms with E-state index in [9.17, 15) is 4.79 Å². The number of carbonyl (C=O) groups is 1. The third-order valence-corrected chi connectivity index (χ3v) is 2.82. The third kappa shape index (κ3) is 2.59. The number of para-hydroxylation sites is 2. The first kappa shape index (κ1) is 12.4. The van der Waals surface area contributed by atoms with Crippen LogP contribution in [-0.4, -0.2) is 5.78 Å². The van der Waals surface area contributed by atoms with Gasteiger partial charge in [0.1, 0.15) is 11.5 Å². The van der Waals surface area contributed by atoms with Gasteiger partial charge in [-0.15, -0.1) is 0 Å². The van der Waals surface area contributed by atoms with Gasteiger partial charge in [0.2, 0.25) is 0 Å². The van der Waals surface area contributed by atoms with Crippen LogP contribution in [0.4, 0.5) is 0 Å². The summed E-state index contributed by atoms with van der Waals surface area (Å²) in [5.41, 5.74) is 1.69. The van der Waals surface area contributed by atoms with Crippen molar-refractivity contribution in [3.05, 3.63) is 59.7 Å². The van der Waals surface area contributed by atoms with E-state index in [1.807, 2.05) is 56.3 Å². The van der Waals surface area contributed by atoms with Crippen LogP contribution in [0.5, 0.6) is 11.5 Å². The zero-order chi connectivity index (χ0) is 13.0. The van der Waals surface area contributed by atoms with Gasteiger partial charge in [-0.1, -0.05) is 37.3 Å². The summed E-state index contributed by atoms with van der Waals surface area (Å²) >= 11 is 0. The van der Waals surface area contributed by atoms with E-state index >= 15 is 0 Å². The molecule has 18 heavy (non-hydrogen) atoms. The van der Waals surface area contributed by atoms with E-state index in [-0.39, 0.29) is 5.78 Å². The summed E-state index contributed by atoms with van der Waals surface area (Å²) in [5, 5.41) is 0. The van der Waals surface area contributed by atoms with Crippen LogP contribution in [0.3, 0.4) is 0 Å². The first-order valence-corrected chi connectivity index (χ1v) is 6.08. The van der Waals surface area contributed by atoms with Gasteiger partial charge in [0.15, 0.2) is 5.78 Å². The Kier molecular flexibility index (Phi) is 3.78. The average Bonchev–Trinajstić information content (AvgIpc) is 2.41. The minimum Gasteiger partial charge on any atom is -0.456 e. The van der Waals surface area contributed by atoms with Gasteiger partial charge in [0, 0.05) is 6.42 Å². The Morgan fingerprint density at radius 2 is 1.61 bits per heavy atom. The largest absolute Gasteiger partial charge is 0.456 e. The molecule has 0 saturated heterocycles. The lowest BCUT2D eigenvalue weighted by molar-refractivity contribution is 0.0986. The lowest BCUT2D eigenvalue weighted by atomic mass is 10.1. The van der Waals surface area contributed by atoms with Gasteiger partial charge in [-0.2, -0.15) is 0 Å². The summed E-state index contributed by atoms with van der Waals surface area (Å²) in [7, 11) is 0. The van der Waals surface area contributed by atoms with Gasteiger partial charge in [0.05, 0.1) is 5.56 Å². The fourth-order valence-electron chi connectivity index (χ4n) is 1.77. The number of aryl methyl sites for hydroxylation is 1. The van der Waals surface area contributed by atoms with Crippen LogP contribution in [0.1, 0.15) is 29.3 Å². The number of Topliss-reactive ketones (excluding diaryl/α,β-unsaturated/α-hetero) is 1. The molecule has 0 fully saturated rings. The van der Waals surface area contributed by atoms with Crippen molar-refractivity contribution in [3.63, 3.8) is 0 Å². The molecule has 0 heterocycles. The molecule has 0 spiro atoms. The van der Waals surface area contributed by atoms with Crippen molar-refractivity contribution in [2.45, 2.75) is 20.3 Å². The van der Waals surface area contributed by atoms with Crippen LogP contribution >= 0.6 is 0 Å². The predicted molar refractivity (Wildman–Crippen MR) is 72.3 cm³/mol. The summed E-state index contributed by atoms with van der Waals surface area (Å²) in [6.07, 6.45) is 0.480. The molecule has 0 aliphatic rings. The van der Waals surface area contributed by atoms with Crippen LogP contribution < -0.4 is 4.74 Å². The quantitative estimate of drug-likeness (QED) is 0.741. The second kappa shape index (κ2) is 5.50. The van der Waals surface area contributed by atoms with Crippen molar-refractivity contribution < 1.29 is 9.53 Å². The molecule has 92 valence electrons. The monoisotopic (exact) mass is 240 g/mol. The van der Waals surface area contributed by atoms with E-state index in [1.165, 1.54) is 0 Å². The van der Waals surface area contributed by atoms with E-state index in [2.05, 4.69) is 0 Å². The lowest BCUT2D eigenvalue weighted by Crippen LogP contribution is -2.00. The fraction of sp³-hybridized carbons (Fsp3) is 0.188. The normalized spacial score (nSPS) is 10.1. The second-order valence-corrected chi connectivity index (χ2v) is 4.14. The van der Waals surface area contributed by atoms with Gasteiger partial charge >= 0.3 is 0 Å². The molecule has 0 saturated carbocycles. The molecule has 2 aromatic carbocycles. The zero-order valence-corrected chi connectivity index (χ0v) is 10.6. The molecule has 2 aromatic rings. The Bertz CT molecular complexity index is 559. The van der Waals surface area contributed by atoms with Gasteiger partial charge in [-0.3, -0.25) is 4.79 Å². The van der Waals surface area contributed by atoms with E-state index in [0.29, 0.717) is 17.7 Å². The number of rotatable bonds is 4. The van der Waals surface area contributed by atoms with E-state index in [4.69, 9.17) is 4.74 Å². The number of ketones is 1. The van der Waals surface area contributed by atoms with Crippen LogP contribution in [-0.2, 0) is 0 Å². The highest BCUT2D eigenvalue weighted by molar-refractivity contribution is 5.98. The smallest absolute Gasteiger partial charge is 0.166 e. The number of ether oxygens (including phenoxy) is 1. The molecule has 0 aromatic heterocycles. The molecule has 0 N–H and O–H groups in total. The molecule has 2 nitrogen and oxygen atoms in total. The molecule has 0 aliphatic heterocycles. The Morgan fingerprint density at radius 3 is 2.28 bits per heavy atom. The Balaban J connectivity index is 2.35. The summed E-state index contributed by atoms with van der Waals surface area (Å²) in [5.74, 6) is 1.51. The van der Waals surface area contributed by atoms with Crippen molar-refractivity contribution in [2.75, 3.05) is 0 Å². The molecule has 0 amide bonds. The average molecular weight is 240 g/mol. The fourth-order valence-corrected chi connectivity index (χ4v) is 1.77. The van der Waals surface area contributed by atoms with E-state index < -0.39 is 0 Å². The number of hydrogen-bond acceptors (Lipinski definition) is 2. The SMILES string of the molecule is CCC(=O)c1ccccc1Oc1ccccc1C. The maximum Gasteiger partial charge on any atom is 0.166 e. The van der Waals surface area contributed by atoms with E-state index in [0.717, 1.165) is 11.3 Å². The van der Waals surface area contributed by atoms with Crippen molar-refractivity contribution in [2.24, 2.45) is 0 Å². The van der Waals surface area contributed by atoms with Crippen molar-refractivity contribution >= 4 is 5.78 Å². The Hall–Kier alpha value is -2.09. The maximum absolute atomic E-state index is 11.8. The van der Waals surface area contributed by atoms with Crippen LogP contribution in [0.2, 0.25) is 0 Å². The topological polar surface area (TPSA) is 26.3 Å². The summed E-state index contributed by atoms with van der Waals surface area (Å²) in [6, 6.07) is 15.1. The second-order valence-electron chi connectivity index (χ2n) is 4.14. The Morgan fingerprint density at radius 1 is 1.00 bits per heavy atom. The van der Waals surface area contributed by atoms with Crippen LogP contribution in [0.25, 0.3) is 0 Å². The van der Waals surface area contributed by atoms with Gasteiger partial charge in [-0.25, -0.2) is 0 Å². The van der Waals surface area contributed by atoms with Crippen LogP contribution in [0.15, 0.2) is 48.5 Å². The highest BCUT2D eigenvalue weighted by atomic mass is 16.5. The third-order valence-electron chi connectivity index (χ3n) is 2.82. The predicted octanol–water partition coefficient (Wildman–Crippen LogP) is 4.38. The summed E-state index contributed by atoms with van der Waals surface area (Å²) in [4.78, 5) is 11.8. The molecular formula is C16H16O2. The molecule has 0 radical (unpaired) electrons. The van der Waals surface area contributed by atoms with Gasteiger partial charge < -0.3 is 4.74 Å². The molecule has 0 aliphatic carbocycles. The maximum atomic E-state index is 11.8. The lowest BCUT2D eigenvalue weighted by Gasteiger charge is -2.11. The molecule has 0 unspecified atom stereocenters. The first-order valence-electron chi connectivity index (χ1n) is 6.08. The molecular weight excluding hydrogens is 224 g/mol. The number of hydrogen-bond donors (Lipinski definition) is 0. The molecule has 2 rings (SSSR count).